The Morgan fingerprint density at radius 3 is 2.81 bits per heavy atom. The second-order valence-electron chi connectivity index (χ2n) is 4.69. The zero-order chi connectivity index (χ0) is 15.0. The van der Waals surface area contributed by atoms with Gasteiger partial charge in [-0.2, -0.15) is 0 Å². The lowest BCUT2D eigenvalue weighted by Crippen LogP contribution is -2.17. The third kappa shape index (κ3) is 2.57. The topological polar surface area (TPSA) is 110 Å². The Hall–Kier alpha value is -2.84. The molecule has 1 amide bonds. The summed E-state index contributed by atoms with van der Waals surface area (Å²) in [5, 5.41) is 21.8. The third-order valence-electron chi connectivity index (χ3n) is 3.27. The van der Waals surface area contributed by atoms with E-state index in [2.05, 4.69) is 20.8 Å². The molecule has 3 rings (SSSR count). The van der Waals surface area contributed by atoms with Gasteiger partial charge in [-0.1, -0.05) is 0 Å². The average molecular weight is 291 g/mol. The Morgan fingerprint density at radius 2 is 2.19 bits per heavy atom. The molecule has 2 atom stereocenters. The van der Waals surface area contributed by atoms with Crippen molar-refractivity contribution in [1.29, 1.82) is 0 Å². The lowest BCUT2D eigenvalue weighted by molar-refractivity contribution is -0.139. The summed E-state index contributed by atoms with van der Waals surface area (Å²) in [5.41, 5.74) is 0.436. The van der Waals surface area contributed by atoms with Gasteiger partial charge in [-0.05, 0) is 35.0 Å². The number of tetrazole rings is 1. The predicted molar refractivity (Wildman–Crippen MR) is 67.0 cm³/mol. The molecule has 0 spiro atoms. The molecule has 21 heavy (non-hydrogen) atoms. The maximum absolute atomic E-state index is 13.7. The van der Waals surface area contributed by atoms with Crippen molar-refractivity contribution in [2.24, 2.45) is 11.8 Å². The fourth-order valence-corrected chi connectivity index (χ4v) is 2.01. The van der Waals surface area contributed by atoms with E-state index in [-0.39, 0.29) is 12.1 Å². The summed E-state index contributed by atoms with van der Waals surface area (Å²) in [6.45, 7) is 0. The van der Waals surface area contributed by atoms with Gasteiger partial charge in [0.05, 0.1) is 23.2 Å². The SMILES string of the molecule is O=C(O)C1CC1C(=O)Nc1cc(-n2cnnn2)ccc1F. The second kappa shape index (κ2) is 4.93. The van der Waals surface area contributed by atoms with Crippen molar-refractivity contribution in [3.05, 3.63) is 30.3 Å². The Balaban J connectivity index is 1.78. The first kappa shape index (κ1) is 13.2. The molecule has 1 aromatic carbocycles. The van der Waals surface area contributed by atoms with Crippen LogP contribution in [0.25, 0.3) is 5.69 Å². The minimum atomic E-state index is -1.02. The lowest BCUT2D eigenvalue weighted by Gasteiger charge is -2.08. The van der Waals surface area contributed by atoms with Gasteiger partial charge in [-0.25, -0.2) is 9.07 Å². The van der Waals surface area contributed by atoms with Crippen molar-refractivity contribution >= 4 is 17.6 Å². The number of hydrogen-bond donors (Lipinski definition) is 2. The van der Waals surface area contributed by atoms with Crippen LogP contribution < -0.4 is 5.32 Å². The summed E-state index contributed by atoms with van der Waals surface area (Å²) in [4.78, 5) is 22.6. The zero-order valence-electron chi connectivity index (χ0n) is 10.6. The van der Waals surface area contributed by atoms with Gasteiger partial charge in [0.15, 0.2) is 0 Å². The molecule has 0 aliphatic heterocycles. The number of anilines is 1. The molecule has 1 aliphatic carbocycles. The highest BCUT2D eigenvalue weighted by atomic mass is 19.1. The van der Waals surface area contributed by atoms with E-state index < -0.39 is 29.5 Å². The monoisotopic (exact) mass is 291 g/mol. The average Bonchev–Trinajstić information content (AvgIpc) is 3.09. The van der Waals surface area contributed by atoms with Crippen molar-refractivity contribution < 1.29 is 19.1 Å². The molecule has 0 saturated heterocycles. The highest BCUT2D eigenvalue weighted by Gasteiger charge is 2.48. The van der Waals surface area contributed by atoms with Crippen molar-refractivity contribution in [2.45, 2.75) is 6.42 Å². The van der Waals surface area contributed by atoms with Crippen LogP contribution in [0.3, 0.4) is 0 Å². The molecule has 1 aliphatic rings. The van der Waals surface area contributed by atoms with Gasteiger partial charge in [0.2, 0.25) is 5.91 Å². The minimum absolute atomic E-state index is 0.0379. The summed E-state index contributed by atoms with van der Waals surface area (Å²) in [7, 11) is 0. The van der Waals surface area contributed by atoms with Gasteiger partial charge in [0, 0.05) is 0 Å². The van der Waals surface area contributed by atoms with Crippen LogP contribution in [0.1, 0.15) is 6.42 Å². The van der Waals surface area contributed by atoms with E-state index in [9.17, 15) is 14.0 Å². The van der Waals surface area contributed by atoms with Crippen molar-refractivity contribution in [3.63, 3.8) is 0 Å². The van der Waals surface area contributed by atoms with Gasteiger partial charge >= 0.3 is 5.97 Å². The zero-order valence-corrected chi connectivity index (χ0v) is 10.6. The molecule has 1 saturated carbocycles. The van der Waals surface area contributed by atoms with E-state index in [1.165, 1.54) is 29.2 Å². The maximum Gasteiger partial charge on any atom is 0.307 e. The number of carbonyl (C=O) groups is 2. The predicted octanol–water partition coefficient (Wildman–Crippen LogP) is 0.461. The van der Waals surface area contributed by atoms with Crippen LogP contribution in [0.4, 0.5) is 10.1 Å². The summed E-state index contributed by atoms with van der Waals surface area (Å²) < 4.78 is 15.0. The number of rotatable bonds is 4. The normalized spacial score (nSPS) is 20.0. The number of hydrogen-bond acceptors (Lipinski definition) is 5. The molecule has 9 heteroatoms. The number of halogens is 1. The molecule has 1 aromatic heterocycles. The quantitative estimate of drug-likeness (QED) is 0.846. The van der Waals surface area contributed by atoms with Crippen LogP contribution in [0, 0.1) is 17.7 Å². The number of nitrogens with zero attached hydrogens (tertiary/aromatic N) is 4. The summed E-state index contributed by atoms with van der Waals surface area (Å²) in [6, 6.07) is 4.01. The first-order valence-electron chi connectivity index (χ1n) is 6.13. The van der Waals surface area contributed by atoms with Gasteiger partial charge in [0.25, 0.3) is 0 Å². The van der Waals surface area contributed by atoms with Crippen molar-refractivity contribution in [1.82, 2.24) is 20.2 Å². The van der Waals surface area contributed by atoms with Gasteiger partial charge in [-0.15, -0.1) is 5.10 Å². The van der Waals surface area contributed by atoms with Crippen LogP contribution in [-0.4, -0.2) is 37.2 Å². The minimum Gasteiger partial charge on any atom is -0.481 e. The highest BCUT2D eigenvalue weighted by molar-refractivity contribution is 5.98. The van der Waals surface area contributed by atoms with E-state index in [1.807, 2.05) is 0 Å². The third-order valence-corrected chi connectivity index (χ3v) is 3.27. The lowest BCUT2D eigenvalue weighted by atomic mass is 10.2. The Kier molecular flexibility index (Phi) is 3.09. The number of benzene rings is 1. The summed E-state index contributed by atoms with van der Waals surface area (Å²) in [5.74, 6) is -3.43. The van der Waals surface area contributed by atoms with Crippen molar-refractivity contribution in [2.75, 3.05) is 5.32 Å². The molecule has 108 valence electrons. The first-order chi connectivity index (χ1) is 10.1. The van der Waals surface area contributed by atoms with Gasteiger partial charge in [0.1, 0.15) is 12.1 Å². The van der Waals surface area contributed by atoms with E-state index in [0.29, 0.717) is 5.69 Å². The number of aromatic nitrogens is 4. The number of amides is 1. The molecule has 1 heterocycles. The molecule has 2 N–H and O–H groups in total. The number of carbonyl (C=O) groups excluding carboxylic acids is 1. The largest absolute Gasteiger partial charge is 0.481 e. The Bertz CT molecular complexity index is 703. The van der Waals surface area contributed by atoms with E-state index in [1.54, 1.807) is 0 Å². The number of carboxylic acids is 1. The van der Waals surface area contributed by atoms with Gasteiger partial charge in [-0.3, -0.25) is 9.59 Å². The molecule has 2 aromatic rings. The smallest absolute Gasteiger partial charge is 0.307 e. The second-order valence-corrected chi connectivity index (χ2v) is 4.69. The molecule has 1 fully saturated rings. The summed E-state index contributed by atoms with van der Waals surface area (Å²) in [6.07, 6.45) is 1.61. The Morgan fingerprint density at radius 1 is 1.38 bits per heavy atom. The van der Waals surface area contributed by atoms with Crippen LogP contribution in [-0.2, 0) is 9.59 Å². The molecule has 0 bridgehead atoms. The first-order valence-corrected chi connectivity index (χ1v) is 6.13. The van der Waals surface area contributed by atoms with Crippen molar-refractivity contribution in [3.8, 4) is 5.69 Å². The van der Waals surface area contributed by atoms with Crippen LogP contribution in [0.15, 0.2) is 24.5 Å². The van der Waals surface area contributed by atoms with Crippen LogP contribution in [0.2, 0.25) is 0 Å². The fourth-order valence-electron chi connectivity index (χ4n) is 2.01. The maximum atomic E-state index is 13.7. The molecule has 2 unspecified atom stereocenters. The molecular formula is C12H10FN5O3. The van der Waals surface area contributed by atoms with Crippen LogP contribution in [0.5, 0.6) is 0 Å². The highest BCUT2D eigenvalue weighted by Crippen LogP contribution is 2.39. The van der Waals surface area contributed by atoms with Crippen LogP contribution >= 0.6 is 0 Å². The number of aliphatic carboxylic acids is 1. The molecule has 0 radical (unpaired) electrons. The summed E-state index contributed by atoms with van der Waals surface area (Å²) >= 11 is 0. The molecular weight excluding hydrogens is 281 g/mol. The number of carboxylic acid groups (broad SMARTS) is 1. The fraction of sp³-hybridized carbons (Fsp3) is 0.250. The van der Waals surface area contributed by atoms with Gasteiger partial charge < -0.3 is 10.4 Å². The van der Waals surface area contributed by atoms with E-state index >= 15 is 0 Å². The molecule has 8 nitrogen and oxygen atoms in total. The number of nitrogens with one attached hydrogen (secondary N) is 1. The Labute approximate surface area is 117 Å². The standard InChI is InChI=1S/C12H10FN5O3/c13-9-2-1-6(18-5-14-16-17-18)3-10(9)15-11(19)7-4-8(7)12(20)21/h1-3,5,7-8H,4H2,(H,15,19)(H,20,21). The van der Waals surface area contributed by atoms with E-state index in [4.69, 9.17) is 5.11 Å². The van der Waals surface area contributed by atoms with E-state index in [0.717, 1.165) is 0 Å².